The second-order valence-electron chi connectivity index (χ2n) is 8.51. The minimum atomic E-state index is -0.548. The molecular formula is C27H25FN6O6S. The van der Waals surface area contributed by atoms with Gasteiger partial charge in [0.25, 0.3) is 11.6 Å². The van der Waals surface area contributed by atoms with E-state index in [1.807, 2.05) is 0 Å². The van der Waals surface area contributed by atoms with E-state index in [9.17, 15) is 24.1 Å². The number of rotatable bonds is 11. The molecule has 0 radical (unpaired) electrons. The summed E-state index contributed by atoms with van der Waals surface area (Å²) in [6.45, 7) is 1.40. The number of aromatic nitrogens is 3. The third kappa shape index (κ3) is 6.78. The van der Waals surface area contributed by atoms with Crippen LogP contribution in [0.25, 0.3) is 5.69 Å². The van der Waals surface area contributed by atoms with Crippen molar-refractivity contribution in [2.45, 2.75) is 18.6 Å². The van der Waals surface area contributed by atoms with E-state index < -0.39 is 16.6 Å². The van der Waals surface area contributed by atoms with Crippen LogP contribution in [0.2, 0.25) is 0 Å². The van der Waals surface area contributed by atoms with Gasteiger partial charge in [0.1, 0.15) is 17.3 Å². The van der Waals surface area contributed by atoms with E-state index in [-0.39, 0.29) is 35.0 Å². The molecule has 0 unspecified atom stereocenters. The van der Waals surface area contributed by atoms with Gasteiger partial charge < -0.3 is 20.1 Å². The molecule has 1 aromatic heterocycles. The Kier molecular flexibility index (Phi) is 9.14. The fourth-order valence-electron chi connectivity index (χ4n) is 3.90. The van der Waals surface area contributed by atoms with Gasteiger partial charge >= 0.3 is 0 Å². The third-order valence-corrected chi connectivity index (χ3v) is 6.87. The summed E-state index contributed by atoms with van der Waals surface area (Å²) < 4.78 is 25.7. The van der Waals surface area contributed by atoms with Gasteiger partial charge in [0.05, 0.1) is 37.1 Å². The zero-order valence-electron chi connectivity index (χ0n) is 22.2. The Morgan fingerprint density at radius 1 is 1.07 bits per heavy atom. The number of nitro benzene ring substituents is 1. The Bertz CT molecular complexity index is 1590. The van der Waals surface area contributed by atoms with Crippen LogP contribution in [0.5, 0.6) is 11.5 Å². The highest BCUT2D eigenvalue weighted by molar-refractivity contribution is 7.99. The maximum Gasteiger partial charge on any atom is 0.273 e. The van der Waals surface area contributed by atoms with Crippen molar-refractivity contribution >= 4 is 35.0 Å². The number of nitro groups is 1. The second kappa shape index (κ2) is 12.9. The third-order valence-electron chi connectivity index (χ3n) is 5.94. The van der Waals surface area contributed by atoms with Crippen LogP contribution in [0.15, 0.2) is 65.8 Å². The summed E-state index contributed by atoms with van der Waals surface area (Å²) in [5, 5.41) is 25.5. The van der Waals surface area contributed by atoms with E-state index in [0.717, 1.165) is 11.8 Å². The van der Waals surface area contributed by atoms with Crippen molar-refractivity contribution in [2.24, 2.45) is 0 Å². The number of thioether (sulfide) groups is 1. The van der Waals surface area contributed by atoms with Crippen molar-refractivity contribution in [3.8, 4) is 17.2 Å². The molecule has 2 amide bonds. The quantitative estimate of drug-likeness (QED) is 0.150. The standard InChI is InChI=1S/C27H25FN6O6S/c1-16-20(5-4-6-21(16)34(37)38)26(36)29-14-24-31-32-27(33(24)22-13-19(39-2)11-12-23(22)40-3)41-15-25(35)30-18-9-7-17(28)8-10-18/h4-13H,14-15H2,1-3H3,(H,29,36)(H,30,35). The molecule has 0 aliphatic rings. The molecule has 212 valence electrons. The highest BCUT2D eigenvalue weighted by atomic mass is 32.2. The number of nitrogens with one attached hydrogen (secondary N) is 2. The molecule has 0 aliphatic carbocycles. The van der Waals surface area contributed by atoms with E-state index in [4.69, 9.17) is 9.47 Å². The first-order chi connectivity index (χ1) is 19.7. The number of carbonyl (C=O) groups excluding carboxylic acids is 2. The van der Waals surface area contributed by atoms with Gasteiger partial charge in [-0.05, 0) is 49.4 Å². The van der Waals surface area contributed by atoms with Crippen molar-refractivity contribution < 1.29 is 28.4 Å². The molecule has 4 aromatic rings. The average molecular weight is 581 g/mol. The monoisotopic (exact) mass is 580 g/mol. The van der Waals surface area contributed by atoms with Crippen LogP contribution in [0, 0.1) is 22.9 Å². The Morgan fingerprint density at radius 3 is 2.51 bits per heavy atom. The molecule has 0 atom stereocenters. The molecule has 2 N–H and O–H groups in total. The van der Waals surface area contributed by atoms with Crippen molar-refractivity contribution in [3.63, 3.8) is 0 Å². The fraction of sp³-hybridized carbons (Fsp3) is 0.185. The molecule has 3 aromatic carbocycles. The molecule has 41 heavy (non-hydrogen) atoms. The van der Waals surface area contributed by atoms with Gasteiger partial charge in [-0.2, -0.15) is 0 Å². The first-order valence-corrected chi connectivity index (χ1v) is 13.1. The van der Waals surface area contributed by atoms with Crippen LogP contribution < -0.4 is 20.1 Å². The first kappa shape index (κ1) is 29.0. The average Bonchev–Trinajstić information content (AvgIpc) is 3.38. The topological polar surface area (TPSA) is 151 Å². The zero-order valence-corrected chi connectivity index (χ0v) is 23.0. The van der Waals surface area contributed by atoms with Gasteiger partial charge in [-0.25, -0.2) is 4.39 Å². The maximum atomic E-state index is 13.2. The number of hydrogen-bond donors (Lipinski definition) is 2. The summed E-state index contributed by atoms with van der Waals surface area (Å²) in [5.41, 5.74) is 1.15. The molecule has 14 heteroatoms. The van der Waals surface area contributed by atoms with E-state index >= 15 is 0 Å². The Hall–Kier alpha value is -4.98. The van der Waals surface area contributed by atoms with E-state index in [2.05, 4.69) is 20.8 Å². The zero-order chi connectivity index (χ0) is 29.5. The molecule has 0 aliphatic heterocycles. The SMILES string of the molecule is COc1ccc(OC)c(-n2c(CNC(=O)c3cccc([N+](=O)[O-])c3C)nnc2SCC(=O)Nc2ccc(F)cc2)c1. The number of methoxy groups -OCH3 is 2. The van der Waals surface area contributed by atoms with Gasteiger partial charge in [-0.15, -0.1) is 10.2 Å². The Labute approximate surface area is 238 Å². The van der Waals surface area contributed by atoms with Crippen LogP contribution in [-0.2, 0) is 11.3 Å². The minimum absolute atomic E-state index is 0.0545. The summed E-state index contributed by atoms with van der Waals surface area (Å²) in [4.78, 5) is 36.3. The minimum Gasteiger partial charge on any atom is -0.497 e. The van der Waals surface area contributed by atoms with Crippen LogP contribution >= 0.6 is 11.8 Å². The van der Waals surface area contributed by atoms with Crippen LogP contribution in [-0.4, -0.2) is 51.5 Å². The van der Waals surface area contributed by atoms with Gasteiger partial charge in [0, 0.05) is 28.9 Å². The lowest BCUT2D eigenvalue weighted by Crippen LogP contribution is -2.25. The summed E-state index contributed by atoms with van der Waals surface area (Å²) in [6, 6.07) is 14.7. The largest absolute Gasteiger partial charge is 0.497 e. The summed E-state index contributed by atoms with van der Waals surface area (Å²) >= 11 is 1.08. The molecule has 0 bridgehead atoms. The molecule has 0 fully saturated rings. The van der Waals surface area contributed by atoms with Crippen LogP contribution in [0.4, 0.5) is 15.8 Å². The number of halogens is 1. The summed E-state index contributed by atoms with van der Waals surface area (Å²) in [6.07, 6.45) is 0. The summed E-state index contributed by atoms with van der Waals surface area (Å²) in [5.74, 6) is -0.100. The molecule has 0 saturated heterocycles. The lowest BCUT2D eigenvalue weighted by Gasteiger charge is -2.15. The number of anilines is 1. The van der Waals surface area contributed by atoms with Gasteiger partial charge in [0.15, 0.2) is 11.0 Å². The predicted molar refractivity (Wildman–Crippen MR) is 149 cm³/mol. The molecule has 12 nitrogen and oxygen atoms in total. The van der Waals surface area contributed by atoms with Gasteiger partial charge in [-0.3, -0.25) is 24.3 Å². The number of amides is 2. The van der Waals surface area contributed by atoms with Crippen LogP contribution in [0.1, 0.15) is 21.7 Å². The molecule has 0 spiro atoms. The highest BCUT2D eigenvalue weighted by Crippen LogP contribution is 2.32. The number of hydrogen-bond acceptors (Lipinski definition) is 9. The van der Waals surface area contributed by atoms with Crippen LogP contribution in [0.3, 0.4) is 0 Å². The second-order valence-corrected chi connectivity index (χ2v) is 9.45. The van der Waals surface area contributed by atoms with Crippen molar-refractivity contribution in [1.29, 1.82) is 0 Å². The molecule has 0 saturated carbocycles. The van der Waals surface area contributed by atoms with E-state index in [0.29, 0.717) is 33.9 Å². The molecule has 1 heterocycles. The number of nitrogens with zero attached hydrogens (tertiary/aromatic N) is 4. The smallest absolute Gasteiger partial charge is 0.273 e. The van der Waals surface area contributed by atoms with Crippen molar-refractivity contribution in [3.05, 3.63) is 93.5 Å². The fourth-order valence-corrected chi connectivity index (χ4v) is 4.67. The van der Waals surface area contributed by atoms with E-state index in [1.165, 1.54) is 63.6 Å². The Morgan fingerprint density at radius 2 is 1.83 bits per heavy atom. The highest BCUT2D eigenvalue weighted by Gasteiger charge is 2.22. The predicted octanol–water partition coefficient (Wildman–Crippen LogP) is 4.30. The van der Waals surface area contributed by atoms with E-state index in [1.54, 1.807) is 22.8 Å². The lowest BCUT2D eigenvalue weighted by molar-refractivity contribution is -0.385. The number of carbonyl (C=O) groups is 2. The number of ether oxygens (including phenoxy) is 2. The normalized spacial score (nSPS) is 10.6. The Balaban J connectivity index is 1.61. The van der Waals surface area contributed by atoms with Crippen molar-refractivity contribution in [1.82, 2.24) is 20.1 Å². The molecule has 4 rings (SSSR count). The van der Waals surface area contributed by atoms with Crippen molar-refractivity contribution in [2.75, 3.05) is 25.3 Å². The lowest BCUT2D eigenvalue weighted by atomic mass is 10.1. The molecular weight excluding hydrogens is 555 g/mol. The van der Waals surface area contributed by atoms with Gasteiger partial charge in [-0.1, -0.05) is 17.8 Å². The maximum absolute atomic E-state index is 13.2. The van der Waals surface area contributed by atoms with Gasteiger partial charge in [0.2, 0.25) is 5.91 Å². The number of benzene rings is 3. The summed E-state index contributed by atoms with van der Waals surface area (Å²) in [7, 11) is 3.00. The first-order valence-electron chi connectivity index (χ1n) is 12.1.